The van der Waals surface area contributed by atoms with Gasteiger partial charge in [0.2, 0.25) is 0 Å². The Bertz CT molecular complexity index is 314. The molecule has 0 fully saturated rings. The molecular formula is C12H17BrFN. The van der Waals surface area contributed by atoms with Crippen LogP contribution in [0.15, 0.2) is 22.7 Å². The molecule has 0 saturated heterocycles. The van der Waals surface area contributed by atoms with Crippen LogP contribution in [-0.2, 0) is 0 Å². The van der Waals surface area contributed by atoms with E-state index in [1.54, 1.807) is 12.1 Å². The van der Waals surface area contributed by atoms with Crippen LogP contribution in [0.5, 0.6) is 0 Å². The van der Waals surface area contributed by atoms with Gasteiger partial charge in [0.25, 0.3) is 0 Å². The van der Waals surface area contributed by atoms with Crippen LogP contribution in [-0.4, -0.2) is 0 Å². The summed E-state index contributed by atoms with van der Waals surface area (Å²) in [4.78, 5) is 0. The third-order valence-electron chi connectivity index (χ3n) is 2.49. The van der Waals surface area contributed by atoms with E-state index in [-0.39, 0.29) is 11.9 Å². The third kappa shape index (κ3) is 3.92. The third-order valence-corrected chi connectivity index (χ3v) is 3.10. The lowest BCUT2D eigenvalue weighted by Crippen LogP contribution is -2.10. The van der Waals surface area contributed by atoms with Gasteiger partial charge in [-0.1, -0.05) is 32.3 Å². The van der Waals surface area contributed by atoms with E-state index in [4.69, 9.17) is 5.73 Å². The predicted octanol–water partition coefficient (Wildman–Crippen LogP) is 4.17. The van der Waals surface area contributed by atoms with Gasteiger partial charge in [0.1, 0.15) is 5.82 Å². The minimum absolute atomic E-state index is 0.0217. The zero-order valence-electron chi connectivity index (χ0n) is 8.97. The number of nitrogens with two attached hydrogens (primary N) is 1. The highest BCUT2D eigenvalue weighted by molar-refractivity contribution is 9.10. The molecule has 0 bridgehead atoms. The summed E-state index contributed by atoms with van der Waals surface area (Å²) in [7, 11) is 0. The maximum Gasteiger partial charge on any atom is 0.137 e. The lowest BCUT2D eigenvalue weighted by atomic mass is 10.0. The molecule has 0 aromatic heterocycles. The van der Waals surface area contributed by atoms with Gasteiger partial charge in [-0.3, -0.25) is 0 Å². The second-order valence-corrected chi connectivity index (χ2v) is 4.63. The molecule has 1 rings (SSSR count). The zero-order valence-corrected chi connectivity index (χ0v) is 10.6. The summed E-state index contributed by atoms with van der Waals surface area (Å²) >= 11 is 3.17. The average Bonchev–Trinajstić information content (AvgIpc) is 2.22. The second kappa shape index (κ2) is 6.23. The number of halogens is 2. The monoisotopic (exact) mass is 273 g/mol. The summed E-state index contributed by atoms with van der Waals surface area (Å²) in [5, 5.41) is 0. The molecule has 0 aliphatic rings. The minimum Gasteiger partial charge on any atom is -0.324 e. The van der Waals surface area contributed by atoms with Crippen LogP contribution >= 0.6 is 15.9 Å². The molecule has 1 aromatic carbocycles. The van der Waals surface area contributed by atoms with E-state index in [1.165, 1.54) is 18.9 Å². The van der Waals surface area contributed by atoms with E-state index in [0.29, 0.717) is 4.47 Å². The van der Waals surface area contributed by atoms with Gasteiger partial charge >= 0.3 is 0 Å². The van der Waals surface area contributed by atoms with Gasteiger partial charge in [-0.2, -0.15) is 0 Å². The maximum absolute atomic E-state index is 13.0. The topological polar surface area (TPSA) is 26.0 Å². The van der Waals surface area contributed by atoms with Crippen molar-refractivity contribution in [2.24, 2.45) is 5.73 Å². The molecule has 84 valence electrons. The van der Waals surface area contributed by atoms with Crippen molar-refractivity contribution in [1.82, 2.24) is 0 Å². The van der Waals surface area contributed by atoms with Crippen molar-refractivity contribution in [3.8, 4) is 0 Å². The van der Waals surface area contributed by atoms with Crippen molar-refractivity contribution in [2.45, 2.75) is 38.6 Å². The fourth-order valence-electron chi connectivity index (χ4n) is 1.52. The lowest BCUT2D eigenvalue weighted by Gasteiger charge is -2.12. The molecule has 2 N–H and O–H groups in total. The fourth-order valence-corrected chi connectivity index (χ4v) is 1.92. The van der Waals surface area contributed by atoms with Gasteiger partial charge in [0.15, 0.2) is 0 Å². The summed E-state index contributed by atoms with van der Waals surface area (Å²) < 4.78 is 13.5. The second-order valence-electron chi connectivity index (χ2n) is 3.78. The van der Waals surface area contributed by atoms with Gasteiger partial charge in [0, 0.05) is 6.04 Å². The minimum atomic E-state index is -0.237. The molecule has 0 aliphatic carbocycles. The van der Waals surface area contributed by atoms with Crippen LogP contribution in [0.1, 0.15) is 44.2 Å². The summed E-state index contributed by atoms with van der Waals surface area (Å²) in [6.45, 7) is 2.17. The van der Waals surface area contributed by atoms with E-state index < -0.39 is 0 Å². The standard InChI is InChI=1S/C12H17BrFN/c1-2-3-4-5-12(15)9-6-7-11(14)10(13)8-9/h6-8,12H,2-5,15H2,1H3/t12-/m1/s1. The van der Waals surface area contributed by atoms with Gasteiger partial charge in [-0.05, 0) is 40.0 Å². The van der Waals surface area contributed by atoms with Gasteiger partial charge < -0.3 is 5.73 Å². The molecule has 0 heterocycles. The Kier molecular flexibility index (Phi) is 5.26. The van der Waals surface area contributed by atoms with Crippen LogP contribution in [0.2, 0.25) is 0 Å². The molecule has 1 aromatic rings. The summed E-state index contributed by atoms with van der Waals surface area (Å²) in [5.41, 5.74) is 7.01. The van der Waals surface area contributed by atoms with Gasteiger partial charge in [0.05, 0.1) is 4.47 Å². The smallest absolute Gasteiger partial charge is 0.137 e. The van der Waals surface area contributed by atoms with Crippen molar-refractivity contribution >= 4 is 15.9 Å². The van der Waals surface area contributed by atoms with Crippen LogP contribution in [0, 0.1) is 5.82 Å². The number of rotatable bonds is 5. The first-order valence-corrected chi connectivity index (χ1v) is 6.15. The molecule has 3 heteroatoms. The quantitative estimate of drug-likeness (QED) is 0.801. The Labute approximate surface area is 99.0 Å². The summed E-state index contributed by atoms with van der Waals surface area (Å²) in [6, 6.07) is 5.01. The molecule has 0 saturated carbocycles. The first kappa shape index (κ1) is 12.7. The first-order chi connectivity index (χ1) is 7.15. The Hall–Kier alpha value is -0.410. The predicted molar refractivity (Wildman–Crippen MR) is 65.2 cm³/mol. The maximum atomic E-state index is 13.0. The average molecular weight is 274 g/mol. The molecule has 0 amide bonds. The lowest BCUT2D eigenvalue weighted by molar-refractivity contribution is 0.577. The molecule has 0 aliphatic heterocycles. The van der Waals surface area contributed by atoms with E-state index in [1.807, 2.05) is 0 Å². The van der Waals surface area contributed by atoms with Crippen LogP contribution in [0.25, 0.3) is 0 Å². The van der Waals surface area contributed by atoms with Crippen molar-refractivity contribution in [3.63, 3.8) is 0 Å². The molecule has 1 nitrogen and oxygen atoms in total. The molecular weight excluding hydrogens is 257 g/mol. The summed E-state index contributed by atoms with van der Waals surface area (Å²) in [6.07, 6.45) is 4.49. The SMILES string of the molecule is CCCCC[C@@H](N)c1ccc(F)c(Br)c1. The van der Waals surface area contributed by atoms with Crippen molar-refractivity contribution in [1.29, 1.82) is 0 Å². The van der Waals surface area contributed by atoms with Gasteiger partial charge in [-0.25, -0.2) is 4.39 Å². The first-order valence-electron chi connectivity index (χ1n) is 5.35. The van der Waals surface area contributed by atoms with Crippen LogP contribution in [0.4, 0.5) is 4.39 Å². The highest BCUT2D eigenvalue weighted by Gasteiger charge is 2.07. The largest absolute Gasteiger partial charge is 0.324 e. The molecule has 1 atom stereocenters. The van der Waals surface area contributed by atoms with Crippen molar-refractivity contribution < 1.29 is 4.39 Å². The fraction of sp³-hybridized carbons (Fsp3) is 0.500. The van der Waals surface area contributed by atoms with Crippen LogP contribution < -0.4 is 5.73 Å². The van der Waals surface area contributed by atoms with E-state index >= 15 is 0 Å². The molecule has 15 heavy (non-hydrogen) atoms. The number of hydrogen-bond donors (Lipinski definition) is 1. The normalized spacial score (nSPS) is 12.8. The van der Waals surface area contributed by atoms with E-state index in [0.717, 1.165) is 18.4 Å². The number of hydrogen-bond acceptors (Lipinski definition) is 1. The van der Waals surface area contributed by atoms with Crippen molar-refractivity contribution in [2.75, 3.05) is 0 Å². The van der Waals surface area contributed by atoms with E-state index in [2.05, 4.69) is 22.9 Å². The highest BCUT2D eigenvalue weighted by atomic mass is 79.9. The molecule has 0 unspecified atom stereocenters. The number of benzene rings is 1. The Morgan fingerprint density at radius 3 is 2.73 bits per heavy atom. The van der Waals surface area contributed by atoms with Crippen molar-refractivity contribution in [3.05, 3.63) is 34.1 Å². The molecule has 0 spiro atoms. The Balaban J connectivity index is 2.57. The van der Waals surface area contributed by atoms with Crippen LogP contribution in [0.3, 0.4) is 0 Å². The highest BCUT2D eigenvalue weighted by Crippen LogP contribution is 2.23. The number of unbranched alkanes of at least 4 members (excludes halogenated alkanes) is 2. The Morgan fingerprint density at radius 1 is 1.40 bits per heavy atom. The zero-order chi connectivity index (χ0) is 11.3. The Morgan fingerprint density at radius 2 is 2.13 bits per heavy atom. The van der Waals surface area contributed by atoms with E-state index in [9.17, 15) is 4.39 Å². The summed E-state index contributed by atoms with van der Waals surface area (Å²) in [5.74, 6) is -0.237. The van der Waals surface area contributed by atoms with Gasteiger partial charge in [-0.15, -0.1) is 0 Å². The molecule has 0 radical (unpaired) electrons.